The SMILES string of the molecule is COc1cc(OC)nc(NC(=O)NS(=O)(=O)c2nc(Cl)cs2)n1. The van der Waals surface area contributed by atoms with Crippen molar-refractivity contribution >= 4 is 44.9 Å². The number of hydrogen-bond acceptors (Lipinski definition) is 9. The Morgan fingerprint density at radius 3 is 2.30 bits per heavy atom. The molecule has 0 radical (unpaired) electrons. The van der Waals surface area contributed by atoms with Crippen molar-refractivity contribution < 1.29 is 22.7 Å². The number of hydrogen-bond donors (Lipinski definition) is 2. The van der Waals surface area contributed by atoms with Gasteiger partial charge < -0.3 is 9.47 Å². The van der Waals surface area contributed by atoms with Crippen molar-refractivity contribution in [2.24, 2.45) is 0 Å². The average Bonchev–Trinajstić information content (AvgIpc) is 2.93. The number of aromatic nitrogens is 3. The first-order valence-electron chi connectivity index (χ1n) is 5.76. The van der Waals surface area contributed by atoms with Gasteiger partial charge in [0.05, 0.1) is 20.3 Å². The van der Waals surface area contributed by atoms with Gasteiger partial charge in [-0.05, 0) is 0 Å². The number of carbonyl (C=O) groups excluding carboxylic acids is 1. The molecule has 2 N–H and O–H groups in total. The zero-order chi connectivity index (χ0) is 17.0. The van der Waals surface area contributed by atoms with Crippen LogP contribution >= 0.6 is 22.9 Å². The van der Waals surface area contributed by atoms with E-state index in [4.69, 9.17) is 21.1 Å². The van der Waals surface area contributed by atoms with Crippen molar-refractivity contribution in [1.29, 1.82) is 0 Å². The third-order valence-electron chi connectivity index (χ3n) is 2.23. The zero-order valence-electron chi connectivity index (χ0n) is 11.7. The number of sulfonamides is 1. The van der Waals surface area contributed by atoms with E-state index in [1.165, 1.54) is 25.7 Å². The second-order valence-corrected chi connectivity index (χ2v) is 6.87. The molecule has 2 amide bonds. The number of anilines is 1. The van der Waals surface area contributed by atoms with Crippen molar-refractivity contribution in [2.45, 2.75) is 4.34 Å². The van der Waals surface area contributed by atoms with Crippen LogP contribution in [0.2, 0.25) is 5.15 Å². The molecule has 13 heteroatoms. The van der Waals surface area contributed by atoms with E-state index in [0.717, 1.165) is 11.3 Å². The third-order valence-corrected chi connectivity index (χ3v) is 5.14. The third kappa shape index (κ3) is 4.40. The smallest absolute Gasteiger partial charge is 0.335 e. The summed E-state index contributed by atoms with van der Waals surface area (Å²) in [5, 5.41) is 3.49. The van der Waals surface area contributed by atoms with E-state index in [0.29, 0.717) is 0 Å². The number of carbonyl (C=O) groups is 1. The summed E-state index contributed by atoms with van der Waals surface area (Å²) in [6.07, 6.45) is 0. The molecule has 0 fully saturated rings. The van der Waals surface area contributed by atoms with Gasteiger partial charge in [-0.15, -0.1) is 11.3 Å². The number of urea groups is 1. The van der Waals surface area contributed by atoms with Crippen molar-refractivity contribution in [1.82, 2.24) is 19.7 Å². The Hall–Kier alpha value is -2.18. The molecular weight excluding hydrogens is 370 g/mol. The molecule has 0 saturated heterocycles. The summed E-state index contributed by atoms with van der Waals surface area (Å²) in [5.74, 6) is 0.0505. The summed E-state index contributed by atoms with van der Waals surface area (Å²) in [6, 6.07) is 0.309. The van der Waals surface area contributed by atoms with Gasteiger partial charge in [0, 0.05) is 5.38 Å². The quantitative estimate of drug-likeness (QED) is 0.789. The Labute approximate surface area is 139 Å². The summed E-state index contributed by atoms with van der Waals surface area (Å²) in [5.41, 5.74) is 0. The molecule has 0 aliphatic heterocycles. The van der Waals surface area contributed by atoms with E-state index >= 15 is 0 Å². The number of amides is 2. The average molecular weight is 380 g/mol. The molecule has 124 valence electrons. The molecule has 2 aromatic heterocycles. The van der Waals surface area contributed by atoms with Gasteiger partial charge in [-0.3, -0.25) is 5.32 Å². The Morgan fingerprint density at radius 2 is 1.83 bits per heavy atom. The van der Waals surface area contributed by atoms with Crippen LogP contribution in [0.5, 0.6) is 11.8 Å². The number of methoxy groups -OCH3 is 2. The van der Waals surface area contributed by atoms with Gasteiger partial charge in [0.2, 0.25) is 22.0 Å². The Balaban J connectivity index is 2.13. The van der Waals surface area contributed by atoms with E-state index in [1.807, 2.05) is 0 Å². The summed E-state index contributed by atoms with van der Waals surface area (Å²) in [4.78, 5) is 23.0. The predicted molar refractivity (Wildman–Crippen MR) is 81.6 cm³/mol. The number of nitrogens with zero attached hydrogens (tertiary/aromatic N) is 3. The van der Waals surface area contributed by atoms with Crippen molar-refractivity contribution in [2.75, 3.05) is 19.5 Å². The minimum atomic E-state index is -4.15. The highest BCUT2D eigenvalue weighted by atomic mass is 35.5. The van der Waals surface area contributed by atoms with Gasteiger partial charge in [0.25, 0.3) is 10.0 Å². The molecule has 0 aromatic carbocycles. The molecule has 0 aliphatic carbocycles. The van der Waals surface area contributed by atoms with Crippen LogP contribution in [0.4, 0.5) is 10.7 Å². The number of nitrogens with one attached hydrogen (secondary N) is 2. The zero-order valence-corrected chi connectivity index (χ0v) is 14.1. The molecule has 2 heterocycles. The van der Waals surface area contributed by atoms with Gasteiger partial charge in [0.1, 0.15) is 5.15 Å². The van der Waals surface area contributed by atoms with Gasteiger partial charge in [-0.2, -0.15) is 18.4 Å². The fourth-order valence-corrected chi connectivity index (χ4v) is 3.42. The molecular formula is C10H10ClN5O5S2. The lowest BCUT2D eigenvalue weighted by molar-refractivity contribution is 0.256. The Morgan fingerprint density at radius 1 is 1.22 bits per heavy atom. The molecule has 2 aromatic rings. The van der Waals surface area contributed by atoms with E-state index in [-0.39, 0.29) is 27.2 Å². The van der Waals surface area contributed by atoms with Gasteiger partial charge in [-0.1, -0.05) is 11.6 Å². The highest BCUT2D eigenvalue weighted by molar-refractivity contribution is 7.92. The predicted octanol–water partition coefficient (Wildman–Crippen LogP) is 1.11. The van der Waals surface area contributed by atoms with Crippen LogP contribution in [0.3, 0.4) is 0 Å². The highest BCUT2D eigenvalue weighted by Gasteiger charge is 2.22. The lowest BCUT2D eigenvalue weighted by atomic mass is 10.6. The van der Waals surface area contributed by atoms with E-state index in [9.17, 15) is 13.2 Å². The summed E-state index contributed by atoms with van der Waals surface area (Å²) < 4.78 is 35.1. The number of ether oxygens (including phenoxy) is 2. The fourth-order valence-electron chi connectivity index (χ4n) is 1.32. The van der Waals surface area contributed by atoms with E-state index in [2.05, 4.69) is 20.3 Å². The van der Waals surface area contributed by atoms with Gasteiger partial charge >= 0.3 is 6.03 Å². The maximum atomic E-state index is 11.9. The summed E-state index contributed by atoms with van der Waals surface area (Å²) in [7, 11) is -1.42. The first-order valence-corrected chi connectivity index (χ1v) is 8.50. The number of rotatable bonds is 5. The standard InChI is InChI=1S/C10H10ClN5O5S2/c1-20-6-3-7(21-2)14-8(13-6)15-9(17)16-23(18,19)10-12-5(11)4-22-10/h3-4H,1-2H3,(H2,13,14,15,16,17). The molecule has 10 nitrogen and oxygen atoms in total. The topological polar surface area (TPSA) is 132 Å². The molecule has 0 unspecified atom stereocenters. The van der Waals surface area contributed by atoms with Crippen LogP contribution in [0.1, 0.15) is 0 Å². The minimum Gasteiger partial charge on any atom is -0.481 e. The van der Waals surface area contributed by atoms with Gasteiger partial charge in [-0.25, -0.2) is 14.5 Å². The highest BCUT2D eigenvalue weighted by Crippen LogP contribution is 2.19. The van der Waals surface area contributed by atoms with Crippen LogP contribution in [-0.2, 0) is 10.0 Å². The summed E-state index contributed by atoms with van der Waals surface area (Å²) in [6.45, 7) is 0. The van der Waals surface area contributed by atoms with E-state index in [1.54, 1.807) is 4.72 Å². The summed E-state index contributed by atoms with van der Waals surface area (Å²) >= 11 is 6.33. The fraction of sp³-hybridized carbons (Fsp3) is 0.200. The first-order chi connectivity index (χ1) is 10.8. The van der Waals surface area contributed by atoms with Crippen LogP contribution in [0, 0.1) is 0 Å². The second kappa shape index (κ2) is 6.93. The van der Waals surface area contributed by atoms with Crippen LogP contribution in [0.15, 0.2) is 15.8 Å². The van der Waals surface area contributed by atoms with Gasteiger partial charge in [0.15, 0.2) is 0 Å². The number of halogens is 1. The maximum absolute atomic E-state index is 11.9. The first kappa shape index (κ1) is 17.2. The molecule has 0 spiro atoms. The van der Waals surface area contributed by atoms with Crippen molar-refractivity contribution in [3.05, 3.63) is 16.6 Å². The monoisotopic (exact) mass is 379 g/mol. The molecule has 0 saturated carbocycles. The van der Waals surface area contributed by atoms with Crippen molar-refractivity contribution in [3.8, 4) is 11.8 Å². The lowest BCUT2D eigenvalue weighted by Crippen LogP contribution is -2.34. The largest absolute Gasteiger partial charge is 0.481 e. The van der Waals surface area contributed by atoms with Crippen LogP contribution < -0.4 is 19.5 Å². The molecule has 23 heavy (non-hydrogen) atoms. The minimum absolute atomic E-state index is 0.0108. The van der Waals surface area contributed by atoms with E-state index < -0.39 is 16.1 Å². The molecule has 0 bridgehead atoms. The van der Waals surface area contributed by atoms with Crippen LogP contribution in [0.25, 0.3) is 0 Å². The number of thiazole rings is 1. The van der Waals surface area contributed by atoms with Crippen LogP contribution in [-0.4, -0.2) is 43.6 Å². The normalized spacial score (nSPS) is 10.9. The molecule has 2 rings (SSSR count). The lowest BCUT2D eigenvalue weighted by Gasteiger charge is -2.08. The molecule has 0 atom stereocenters. The van der Waals surface area contributed by atoms with Crippen molar-refractivity contribution in [3.63, 3.8) is 0 Å². The maximum Gasteiger partial charge on any atom is 0.335 e. The molecule has 0 aliphatic rings. The Bertz CT molecular complexity index is 803. The Kier molecular flexibility index (Phi) is 5.18. The second-order valence-electron chi connectivity index (χ2n) is 3.77.